The fourth-order valence-corrected chi connectivity index (χ4v) is 9.73. The number of hydrogen-bond donors (Lipinski definition) is 0. The molecule has 176 valence electrons. The van der Waals surface area contributed by atoms with Gasteiger partial charge >= 0.3 is 11.9 Å². The molecule has 1 aromatic rings. The van der Waals surface area contributed by atoms with Crippen LogP contribution in [0.5, 0.6) is 0 Å². The monoisotopic (exact) mass is 458 g/mol. The first-order chi connectivity index (χ1) is 14.9. The van der Waals surface area contributed by atoms with Crippen LogP contribution < -0.4 is 0 Å². The molecular weight excluding hydrogens is 420 g/mol. The van der Waals surface area contributed by atoms with Crippen LogP contribution in [0.4, 0.5) is 0 Å². The number of benzene rings is 1. The molecule has 5 nitrogen and oxygen atoms in total. The van der Waals surface area contributed by atoms with Crippen molar-refractivity contribution in [2.24, 2.45) is 5.41 Å². The smallest absolute Gasteiger partial charge is 0.339 e. The molecule has 0 aromatic heterocycles. The van der Waals surface area contributed by atoms with Crippen molar-refractivity contribution in [1.82, 2.24) is 0 Å². The van der Waals surface area contributed by atoms with Gasteiger partial charge in [0.05, 0.1) is 17.9 Å². The van der Waals surface area contributed by atoms with E-state index in [4.69, 9.17) is 20.3 Å². The third kappa shape index (κ3) is 5.45. The first kappa shape index (κ1) is 27.5. The first-order valence-electron chi connectivity index (χ1n) is 11.2. The average molecular weight is 459 g/mol. The maximum atomic E-state index is 13.2. The zero-order valence-electron chi connectivity index (χ0n) is 20.7. The predicted molar refractivity (Wildman–Crippen MR) is 130 cm³/mol. The molecule has 1 aromatic carbocycles. The normalized spacial score (nSPS) is 14.4. The standard InChI is InChI=1S/C26H38O5Si/c1-11-23(30-24(27)22-16-14-13-15-17-22)26(10,25(28)29-12-2)21(9)31-32(18(3)4,19(5)6)20(7)8/h1,13-20,23H,9,12H2,2-8,10H3. The highest BCUT2D eigenvalue weighted by Crippen LogP contribution is 2.47. The summed E-state index contributed by atoms with van der Waals surface area (Å²) < 4.78 is 17.7. The molecule has 0 spiro atoms. The summed E-state index contributed by atoms with van der Waals surface area (Å²) in [5.74, 6) is 1.39. The van der Waals surface area contributed by atoms with Gasteiger partial charge < -0.3 is 13.9 Å². The number of carbonyl (C=O) groups excluding carboxylic acids is 2. The van der Waals surface area contributed by atoms with Crippen molar-refractivity contribution in [3.8, 4) is 12.3 Å². The van der Waals surface area contributed by atoms with E-state index in [1.807, 2.05) is 0 Å². The second-order valence-electron chi connectivity index (χ2n) is 9.08. The van der Waals surface area contributed by atoms with E-state index >= 15 is 0 Å². The van der Waals surface area contributed by atoms with E-state index < -0.39 is 31.8 Å². The van der Waals surface area contributed by atoms with Crippen molar-refractivity contribution in [2.75, 3.05) is 6.61 Å². The van der Waals surface area contributed by atoms with Gasteiger partial charge in [-0.3, -0.25) is 4.79 Å². The molecule has 0 aliphatic carbocycles. The van der Waals surface area contributed by atoms with Crippen LogP contribution in [0.25, 0.3) is 0 Å². The molecule has 6 heteroatoms. The molecule has 0 aliphatic rings. The van der Waals surface area contributed by atoms with Crippen LogP contribution in [-0.2, 0) is 18.7 Å². The minimum atomic E-state index is -2.45. The van der Waals surface area contributed by atoms with Crippen LogP contribution in [0.15, 0.2) is 42.7 Å². The summed E-state index contributed by atoms with van der Waals surface area (Å²) in [6, 6.07) is 8.49. The average Bonchev–Trinajstić information content (AvgIpc) is 2.74. The Hall–Kier alpha value is -2.52. The van der Waals surface area contributed by atoms with Gasteiger partial charge in [0.15, 0.2) is 11.5 Å². The van der Waals surface area contributed by atoms with Gasteiger partial charge in [-0.15, -0.1) is 6.42 Å². The van der Waals surface area contributed by atoms with Gasteiger partial charge in [-0.05, 0) is 42.6 Å². The molecule has 32 heavy (non-hydrogen) atoms. The van der Waals surface area contributed by atoms with E-state index in [9.17, 15) is 9.59 Å². The second-order valence-corrected chi connectivity index (χ2v) is 14.5. The fraction of sp³-hybridized carbons (Fsp3) is 0.538. The predicted octanol–water partition coefficient (Wildman–Crippen LogP) is 6.12. The number of rotatable bonds is 11. The van der Waals surface area contributed by atoms with Gasteiger partial charge in [-0.1, -0.05) is 72.2 Å². The highest BCUT2D eigenvalue weighted by molar-refractivity contribution is 6.77. The van der Waals surface area contributed by atoms with Crippen molar-refractivity contribution in [3.63, 3.8) is 0 Å². The molecular formula is C26H38O5Si. The van der Waals surface area contributed by atoms with Crippen molar-refractivity contribution in [1.29, 1.82) is 0 Å². The molecule has 0 N–H and O–H groups in total. The van der Waals surface area contributed by atoms with Crippen LogP contribution in [0.1, 0.15) is 65.7 Å². The lowest BCUT2D eigenvalue weighted by atomic mass is 9.82. The van der Waals surface area contributed by atoms with E-state index in [1.54, 1.807) is 44.2 Å². The summed E-state index contributed by atoms with van der Waals surface area (Å²) in [4.78, 5) is 25.9. The van der Waals surface area contributed by atoms with E-state index in [-0.39, 0.29) is 29.0 Å². The summed E-state index contributed by atoms with van der Waals surface area (Å²) in [5.41, 5.74) is -0.474. The number of terminal acetylenes is 1. The molecule has 0 aliphatic heterocycles. The van der Waals surface area contributed by atoms with Crippen molar-refractivity contribution < 1.29 is 23.5 Å². The summed E-state index contributed by atoms with van der Waals surface area (Å²) in [6.45, 7) is 20.4. The Bertz CT molecular complexity index is 816. The SMILES string of the molecule is C#CC(OC(=O)c1ccccc1)C(C)(C(=C)O[Si](C(C)C)(C(C)C)C(C)C)C(=O)OCC. The van der Waals surface area contributed by atoms with Crippen LogP contribution in [0.2, 0.25) is 16.6 Å². The topological polar surface area (TPSA) is 61.8 Å². The van der Waals surface area contributed by atoms with E-state index in [0.29, 0.717) is 5.56 Å². The molecule has 0 amide bonds. The minimum absolute atomic E-state index is 0.146. The Kier molecular flexibility index (Phi) is 9.78. The molecule has 2 unspecified atom stereocenters. The van der Waals surface area contributed by atoms with E-state index in [0.717, 1.165) is 0 Å². The molecule has 0 radical (unpaired) electrons. The van der Waals surface area contributed by atoms with Crippen LogP contribution in [0, 0.1) is 17.8 Å². The van der Waals surface area contributed by atoms with Crippen molar-refractivity contribution >= 4 is 20.3 Å². The minimum Gasteiger partial charge on any atom is -0.545 e. The zero-order chi connectivity index (χ0) is 24.7. The summed E-state index contributed by atoms with van der Waals surface area (Å²) in [6.07, 6.45) is 4.53. The summed E-state index contributed by atoms with van der Waals surface area (Å²) >= 11 is 0. The highest BCUT2D eigenvalue weighted by atomic mass is 28.4. The van der Waals surface area contributed by atoms with E-state index in [2.05, 4.69) is 54.0 Å². The molecule has 0 heterocycles. The molecule has 0 saturated carbocycles. The Morgan fingerprint density at radius 2 is 1.56 bits per heavy atom. The van der Waals surface area contributed by atoms with Gasteiger partial charge in [0.25, 0.3) is 8.32 Å². The Morgan fingerprint density at radius 3 is 1.97 bits per heavy atom. The van der Waals surface area contributed by atoms with Gasteiger partial charge in [0, 0.05) is 0 Å². The third-order valence-corrected chi connectivity index (χ3v) is 12.2. The first-order valence-corrected chi connectivity index (χ1v) is 13.3. The molecule has 0 bridgehead atoms. The quantitative estimate of drug-likeness (QED) is 0.173. The van der Waals surface area contributed by atoms with Gasteiger partial charge in [0.1, 0.15) is 0 Å². The lowest BCUT2D eigenvalue weighted by molar-refractivity contribution is -0.158. The molecule has 2 atom stereocenters. The van der Waals surface area contributed by atoms with Crippen LogP contribution in [-0.4, -0.2) is 33.0 Å². The second kappa shape index (κ2) is 11.4. The Morgan fingerprint density at radius 1 is 1.06 bits per heavy atom. The number of hydrogen-bond acceptors (Lipinski definition) is 5. The number of ether oxygens (including phenoxy) is 2. The molecule has 1 rings (SSSR count). The third-order valence-electron chi connectivity index (χ3n) is 6.20. The maximum absolute atomic E-state index is 13.2. The number of carbonyl (C=O) groups is 2. The lowest BCUT2D eigenvalue weighted by Gasteiger charge is -2.45. The van der Waals surface area contributed by atoms with Gasteiger partial charge in [-0.25, -0.2) is 4.79 Å². The van der Waals surface area contributed by atoms with Crippen molar-refractivity contribution in [2.45, 2.75) is 78.1 Å². The lowest BCUT2D eigenvalue weighted by Crippen LogP contribution is -2.52. The largest absolute Gasteiger partial charge is 0.545 e. The van der Waals surface area contributed by atoms with Crippen molar-refractivity contribution in [3.05, 3.63) is 48.2 Å². The Balaban J connectivity index is 3.45. The fourth-order valence-electron chi connectivity index (χ4n) is 4.39. The van der Waals surface area contributed by atoms with Crippen LogP contribution >= 0.6 is 0 Å². The summed E-state index contributed by atoms with van der Waals surface area (Å²) in [7, 11) is -2.45. The van der Waals surface area contributed by atoms with Crippen LogP contribution in [0.3, 0.4) is 0 Å². The molecule has 0 saturated heterocycles. The number of esters is 2. The van der Waals surface area contributed by atoms with E-state index in [1.165, 1.54) is 0 Å². The Labute approximate surface area is 194 Å². The highest BCUT2D eigenvalue weighted by Gasteiger charge is 2.54. The summed E-state index contributed by atoms with van der Waals surface area (Å²) in [5, 5.41) is 0. The zero-order valence-corrected chi connectivity index (χ0v) is 21.7. The molecule has 0 fully saturated rings. The van der Waals surface area contributed by atoms with Gasteiger partial charge in [-0.2, -0.15) is 0 Å². The van der Waals surface area contributed by atoms with Gasteiger partial charge in [0.2, 0.25) is 0 Å². The maximum Gasteiger partial charge on any atom is 0.339 e.